The topological polar surface area (TPSA) is 228 Å². The molecule has 14 heteroatoms. The van der Waals surface area contributed by atoms with Crippen LogP contribution in [-0.4, -0.2) is 78.0 Å². The Hall–Kier alpha value is -4.72. The number of carbonyl (C=O) groups is 4. The molecule has 0 bridgehead atoms. The van der Waals surface area contributed by atoms with Gasteiger partial charge in [0.1, 0.15) is 23.9 Å². The van der Waals surface area contributed by atoms with Crippen LogP contribution in [0.15, 0.2) is 49.3 Å². The van der Waals surface area contributed by atoms with E-state index in [-0.39, 0.29) is 25.0 Å². The van der Waals surface area contributed by atoms with Crippen molar-refractivity contribution < 1.29 is 29.4 Å². The number of amides is 3. The van der Waals surface area contributed by atoms with Gasteiger partial charge in [0.25, 0.3) is 0 Å². The number of H-pyrrole nitrogens is 2. The van der Waals surface area contributed by atoms with Crippen molar-refractivity contribution in [2.24, 2.45) is 5.73 Å². The average molecular weight is 527 g/mol. The van der Waals surface area contributed by atoms with Gasteiger partial charge in [-0.3, -0.25) is 19.2 Å². The van der Waals surface area contributed by atoms with Crippen LogP contribution in [0.5, 0.6) is 5.75 Å². The molecule has 4 atom stereocenters. The van der Waals surface area contributed by atoms with Crippen LogP contribution in [0, 0.1) is 0 Å². The Labute approximate surface area is 217 Å². The van der Waals surface area contributed by atoms with Gasteiger partial charge in [-0.25, -0.2) is 9.97 Å². The van der Waals surface area contributed by atoms with E-state index >= 15 is 0 Å². The highest BCUT2D eigenvalue weighted by Crippen LogP contribution is 2.11. The normalized spacial score (nSPS) is 14.1. The molecule has 1 aromatic carbocycles. The second-order valence-electron chi connectivity index (χ2n) is 8.73. The molecule has 0 saturated carbocycles. The van der Waals surface area contributed by atoms with E-state index in [1.807, 2.05) is 0 Å². The highest BCUT2D eigenvalue weighted by atomic mass is 16.4. The molecule has 14 nitrogen and oxygen atoms in total. The number of nitrogens with one attached hydrogen (secondary N) is 5. The zero-order valence-electron chi connectivity index (χ0n) is 20.5. The lowest BCUT2D eigenvalue weighted by atomic mass is 10.0. The van der Waals surface area contributed by atoms with Gasteiger partial charge in [0.05, 0.1) is 18.7 Å². The van der Waals surface area contributed by atoms with E-state index < -0.39 is 47.9 Å². The van der Waals surface area contributed by atoms with E-state index in [0.29, 0.717) is 17.0 Å². The molecular formula is C24H30N8O6. The summed E-state index contributed by atoms with van der Waals surface area (Å²) in [4.78, 5) is 63.8. The van der Waals surface area contributed by atoms with Crippen molar-refractivity contribution in [3.63, 3.8) is 0 Å². The van der Waals surface area contributed by atoms with Crippen LogP contribution in [-0.2, 0) is 38.4 Å². The number of aromatic hydroxyl groups is 1. The van der Waals surface area contributed by atoms with Gasteiger partial charge >= 0.3 is 5.97 Å². The number of aromatic nitrogens is 4. The standard InChI is InChI=1S/C24H30N8O6/c1-13(24(37)38)30-22(35)19(7-15-9-26-11-28-15)32-23(36)20(8-16-10-27-12-29-16)31-21(34)18(25)6-14-2-4-17(33)5-3-14/h2-5,9-13,18-20,33H,6-8,25H2,1H3,(H,26,28)(H,27,29)(H,30,35)(H,31,34)(H,32,36)(H,37,38). The van der Waals surface area contributed by atoms with Gasteiger partial charge in [0.2, 0.25) is 17.7 Å². The lowest BCUT2D eigenvalue weighted by molar-refractivity contribution is -0.141. The number of benzene rings is 1. The molecule has 2 aromatic heterocycles. The maximum Gasteiger partial charge on any atom is 0.325 e. The minimum Gasteiger partial charge on any atom is -0.508 e. The van der Waals surface area contributed by atoms with Crippen LogP contribution in [0.2, 0.25) is 0 Å². The van der Waals surface area contributed by atoms with Crippen LogP contribution in [0.3, 0.4) is 0 Å². The van der Waals surface area contributed by atoms with Crippen LogP contribution in [0.1, 0.15) is 23.9 Å². The number of phenolic OH excluding ortho intramolecular Hbond substituents is 1. The Bertz CT molecular complexity index is 1210. The number of phenols is 1. The quantitative estimate of drug-likeness (QED) is 0.133. The number of carboxylic acids is 1. The largest absolute Gasteiger partial charge is 0.508 e. The van der Waals surface area contributed by atoms with E-state index in [1.54, 1.807) is 12.1 Å². The zero-order valence-corrected chi connectivity index (χ0v) is 20.5. The summed E-state index contributed by atoms with van der Waals surface area (Å²) < 4.78 is 0. The van der Waals surface area contributed by atoms with Crippen molar-refractivity contribution in [2.45, 2.75) is 50.4 Å². The Kier molecular flexibility index (Phi) is 9.54. The number of hydrogen-bond acceptors (Lipinski definition) is 8. The third-order valence-electron chi connectivity index (χ3n) is 5.68. The molecule has 0 spiro atoms. The zero-order chi connectivity index (χ0) is 27.7. The maximum absolute atomic E-state index is 13.3. The fourth-order valence-corrected chi connectivity index (χ4v) is 3.56. The third-order valence-corrected chi connectivity index (χ3v) is 5.68. The van der Waals surface area contributed by atoms with Gasteiger partial charge < -0.3 is 41.9 Å². The minimum absolute atomic E-state index is 0.00496. The first kappa shape index (κ1) is 27.9. The smallest absolute Gasteiger partial charge is 0.325 e. The molecule has 3 rings (SSSR count). The van der Waals surface area contributed by atoms with E-state index in [9.17, 15) is 24.3 Å². The van der Waals surface area contributed by atoms with E-state index in [4.69, 9.17) is 10.8 Å². The van der Waals surface area contributed by atoms with Crippen LogP contribution in [0.25, 0.3) is 0 Å². The fourth-order valence-electron chi connectivity index (χ4n) is 3.56. The number of carboxylic acid groups (broad SMARTS) is 1. The highest BCUT2D eigenvalue weighted by molar-refractivity contribution is 5.94. The highest BCUT2D eigenvalue weighted by Gasteiger charge is 2.30. The number of aromatic amines is 2. The van der Waals surface area contributed by atoms with Crippen molar-refractivity contribution in [1.82, 2.24) is 35.9 Å². The maximum atomic E-state index is 13.3. The second-order valence-corrected chi connectivity index (χ2v) is 8.73. The molecule has 2 heterocycles. The Morgan fingerprint density at radius 3 is 1.82 bits per heavy atom. The van der Waals surface area contributed by atoms with Gasteiger partial charge in [-0.2, -0.15) is 0 Å². The Balaban J connectivity index is 1.74. The number of nitrogens with zero attached hydrogens (tertiary/aromatic N) is 2. The summed E-state index contributed by atoms with van der Waals surface area (Å²) in [6, 6.07) is 1.72. The first-order chi connectivity index (χ1) is 18.1. The molecule has 38 heavy (non-hydrogen) atoms. The van der Waals surface area contributed by atoms with Gasteiger partial charge in [-0.15, -0.1) is 0 Å². The molecule has 9 N–H and O–H groups in total. The van der Waals surface area contributed by atoms with E-state index in [1.165, 1.54) is 44.1 Å². The number of hydrogen-bond donors (Lipinski definition) is 8. The number of imidazole rings is 2. The van der Waals surface area contributed by atoms with Crippen molar-refractivity contribution in [3.8, 4) is 5.75 Å². The monoisotopic (exact) mass is 526 g/mol. The Morgan fingerprint density at radius 2 is 1.34 bits per heavy atom. The van der Waals surface area contributed by atoms with Crippen molar-refractivity contribution in [1.29, 1.82) is 0 Å². The van der Waals surface area contributed by atoms with Gasteiger partial charge in [-0.05, 0) is 31.0 Å². The summed E-state index contributed by atoms with van der Waals surface area (Å²) in [6.45, 7) is 1.30. The number of carbonyl (C=O) groups excluding carboxylic acids is 3. The summed E-state index contributed by atoms with van der Waals surface area (Å²) >= 11 is 0. The first-order valence-corrected chi connectivity index (χ1v) is 11.7. The first-order valence-electron chi connectivity index (χ1n) is 11.7. The summed E-state index contributed by atoms with van der Waals surface area (Å²) in [5.41, 5.74) is 7.86. The van der Waals surface area contributed by atoms with Crippen molar-refractivity contribution >= 4 is 23.7 Å². The molecule has 0 saturated heterocycles. The SMILES string of the molecule is CC(NC(=O)C(Cc1cnc[nH]1)NC(=O)C(Cc1cnc[nH]1)NC(=O)C(N)Cc1ccc(O)cc1)C(=O)O. The van der Waals surface area contributed by atoms with Gasteiger partial charge in [0, 0.05) is 36.6 Å². The summed E-state index contributed by atoms with van der Waals surface area (Å²) in [6.07, 6.45) is 5.96. The number of aliphatic carboxylic acids is 1. The predicted octanol–water partition coefficient (Wildman–Crippen LogP) is -1.25. The summed E-state index contributed by atoms with van der Waals surface area (Å²) in [7, 11) is 0. The Morgan fingerprint density at radius 1 is 0.842 bits per heavy atom. The number of nitrogens with two attached hydrogens (primary N) is 1. The molecular weight excluding hydrogens is 496 g/mol. The molecule has 0 aliphatic rings. The average Bonchev–Trinajstić information content (AvgIpc) is 3.58. The lowest BCUT2D eigenvalue weighted by Gasteiger charge is -2.24. The third kappa shape index (κ3) is 8.16. The number of rotatable bonds is 13. The fraction of sp³-hybridized carbons (Fsp3) is 0.333. The summed E-state index contributed by atoms with van der Waals surface area (Å²) in [5, 5.41) is 26.2. The predicted molar refractivity (Wildman–Crippen MR) is 133 cm³/mol. The van der Waals surface area contributed by atoms with Crippen molar-refractivity contribution in [2.75, 3.05) is 0 Å². The second kappa shape index (κ2) is 13.0. The molecule has 0 fully saturated rings. The van der Waals surface area contributed by atoms with Crippen molar-refractivity contribution in [3.05, 3.63) is 66.3 Å². The van der Waals surface area contributed by atoms with Crippen LogP contribution >= 0.6 is 0 Å². The van der Waals surface area contributed by atoms with Crippen LogP contribution < -0.4 is 21.7 Å². The molecule has 0 aliphatic heterocycles. The molecule has 3 amide bonds. The molecule has 202 valence electrons. The minimum atomic E-state index is -1.24. The van der Waals surface area contributed by atoms with E-state index in [0.717, 1.165) is 0 Å². The molecule has 3 aromatic rings. The molecule has 0 aliphatic carbocycles. The van der Waals surface area contributed by atoms with Gasteiger partial charge in [0.15, 0.2) is 0 Å². The van der Waals surface area contributed by atoms with E-state index in [2.05, 4.69) is 35.9 Å². The molecule has 0 radical (unpaired) electrons. The summed E-state index contributed by atoms with van der Waals surface area (Å²) in [5.74, 6) is -3.18. The molecule has 4 unspecified atom stereocenters. The van der Waals surface area contributed by atoms with Gasteiger partial charge in [-0.1, -0.05) is 12.1 Å². The van der Waals surface area contributed by atoms with Crippen LogP contribution in [0.4, 0.5) is 0 Å². The lowest BCUT2D eigenvalue weighted by Crippen LogP contribution is -2.58.